The molecule has 1 aliphatic heterocycles. The van der Waals surface area contributed by atoms with E-state index in [-0.39, 0.29) is 5.54 Å². The number of aromatic nitrogens is 1. The third-order valence-electron chi connectivity index (χ3n) is 8.54. The van der Waals surface area contributed by atoms with Crippen molar-refractivity contribution in [2.75, 3.05) is 6.54 Å². The molecule has 0 amide bonds. The molecular weight excluding hydrogens is 476 g/mol. The summed E-state index contributed by atoms with van der Waals surface area (Å²) in [4.78, 5) is 7.64. The first-order valence-corrected chi connectivity index (χ1v) is 14.0. The van der Waals surface area contributed by atoms with Crippen molar-refractivity contribution in [2.24, 2.45) is 16.3 Å². The molecule has 4 aromatic rings. The molecule has 1 saturated carbocycles. The van der Waals surface area contributed by atoms with Crippen LogP contribution in [0.2, 0.25) is 0 Å². The first-order chi connectivity index (χ1) is 18.9. The van der Waals surface area contributed by atoms with Gasteiger partial charge in [-0.25, -0.2) is 4.99 Å². The molecule has 6 rings (SSSR count). The first-order valence-electron chi connectivity index (χ1n) is 14.0. The van der Waals surface area contributed by atoms with Crippen LogP contribution in [0.15, 0.2) is 96.0 Å². The van der Waals surface area contributed by atoms with Crippen LogP contribution in [0.4, 0.5) is 5.82 Å². The quantitative estimate of drug-likeness (QED) is 0.193. The molecule has 0 radical (unpaired) electrons. The Labute approximate surface area is 232 Å². The summed E-state index contributed by atoms with van der Waals surface area (Å²) in [5.74, 6) is 1.42. The lowest BCUT2D eigenvalue weighted by atomic mass is 9.67. The Hall–Kier alpha value is -4.10. The second-order valence-electron chi connectivity index (χ2n) is 12.3. The van der Waals surface area contributed by atoms with Gasteiger partial charge in [-0.3, -0.25) is 0 Å². The van der Waals surface area contributed by atoms with E-state index in [4.69, 9.17) is 4.99 Å². The van der Waals surface area contributed by atoms with E-state index in [1.807, 2.05) is 36.7 Å². The van der Waals surface area contributed by atoms with Gasteiger partial charge in [-0.15, -0.1) is 0 Å². The van der Waals surface area contributed by atoms with Gasteiger partial charge in [-0.2, -0.15) is 5.26 Å². The molecule has 0 N–H and O–H groups in total. The molecule has 39 heavy (non-hydrogen) atoms. The van der Waals surface area contributed by atoms with Gasteiger partial charge in [0.2, 0.25) is 0 Å². The van der Waals surface area contributed by atoms with Crippen molar-refractivity contribution in [2.45, 2.75) is 52.1 Å². The number of benzene rings is 3. The highest BCUT2D eigenvalue weighted by Crippen LogP contribution is 2.51. The zero-order valence-corrected chi connectivity index (χ0v) is 23.1. The second kappa shape index (κ2) is 9.89. The number of aliphatic imine (C=N–C) groups is 1. The molecule has 1 saturated heterocycles. The van der Waals surface area contributed by atoms with Crippen molar-refractivity contribution < 1.29 is 0 Å². The van der Waals surface area contributed by atoms with Gasteiger partial charge >= 0.3 is 0 Å². The standard InChI is InChI=1S/C35H36N4/c1-34(2)19-27-20-35(3,24-34)38(22-27)25-37-33-30(21-36)31(28-15-9-5-10-16-28)32(29-17-11-6-12-18-29)39(33)23-26-13-7-4-8-14-26/h4-18,25,27H,19-20,22-24H2,1-3H3/t27-,35+/m1/s1. The van der Waals surface area contributed by atoms with Gasteiger partial charge in [0.05, 0.1) is 12.0 Å². The largest absolute Gasteiger partial charge is 0.357 e. The monoisotopic (exact) mass is 512 g/mol. The molecule has 2 bridgehead atoms. The zero-order chi connectivity index (χ0) is 27.0. The van der Waals surface area contributed by atoms with Crippen molar-refractivity contribution in [3.63, 3.8) is 0 Å². The van der Waals surface area contributed by atoms with Crippen LogP contribution >= 0.6 is 0 Å². The van der Waals surface area contributed by atoms with Crippen LogP contribution in [0.5, 0.6) is 0 Å². The number of hydrogen-bond donors (Lipinski definition) is 0. The second-order valence-corrected chi connectivity index (χ2v) is 12.3. The molecule has 2 heterocycles. The van der Waals surface area contributed by atoms with E-state index in [1.165, 1.54) is 18.4 Å². The minimum Gasteiger partial charge on any atom is -0.357 e. The summed E-state index contributed by atoms with van der Waals surface area (Å²) in [6.07, 6.45) is 5.67. The van der Waals surface area contributed by atoms with Crippen LogP contribution in [-0.4, -0.2) is 27.9 Å². The Bertz CT molecular complexity index is 1530. The predicted molar refractivity (Wildman–Crippen MR) is 160 cm³/mol. The number of rotatable bonds is 6. The van der Waals surface area contributed by atoms with Crippen molar-refractivity contribution in [3.8, 4) is 28.5 Å². The lowest BCUT2D eigenvalue weighted by Crippen LogP contribution is -2.44. The average Bonchev–Trinajstić information content (AvgIpc) is 3.37. The van der Waals surface area contributed by atoms with Crippen molar-refractivity contribution in [1.29, 1.82) is 5.26 Å². The van der Waals surface area contributed by atoms with Crippen LogP contribution in [0.1, 0.15) is 51.2 Å². The summed E-state index contributed by atoms with van der Waals surface area (Å²) in [6.45, 7) is 8.84. The fourth-order valence-electron chi connectivity index (χ4n) is 7.36. The fourth-order valence-corrected chi connectivity index (χ4v) is 7.36. The van der Waals surface area contributed by atoms with Crippen molar-refractivity contribution in [1.82, 2.24) is 9.47 Å². The average molecular weight is 513 g/mol. The SMILES string of the molecule is CC1(C)C[C@H]2CN(C=Nc3c(C#N)c(-c4ccccc4)c(-c4ccccc4)n3Cc3ccccc3)[C@@](C)(C2)C1. The normalized spacial score (nSPS) is 21.8. The number of fused-ring (bicyclic) bond motifs is 2. The van der Waals surface area contributed by atoms with E-state index < -0.39 is 0 Å². The number of likely N-dealkylation sites (tertiary alicyclic amines) is 1. The first kappa shape index (κ1) is 25.2. The van der Waals surface area contributed by atoms with Crippen LogP contribution in [-0.2, 0) is 6.54 Å². The van der Waals surface area contributed by atoms with E-state index in [2.05, 4.69) is 97.0 Å². The smallest absolute Gasteiger partial charge is 0.153 e. The summed E-state index contributed by atoms with van der Waals surface area (Å²) in [5.41, 5.74) is 6.33. The summed E-state index contributed by atoms with van der Waals surface area (Å²) in [6, 6.07) is 33.7. The Morgan fingerprint density at radius 3 is 2.13 bits per heavy atom. The maximum Gasteiger partial charge on any atom is 0.153 e. The molecule has 4 heteroatoms. The molecule has 0 unspecified atom stereocenters. The van der Waals surface area contributed by atoms with Gasteiger partial charge in [0.1, 0.15) is 11.6 Å². The van der Waals surface area contributed by atoms with E-state index in [0.29, 0.717) is 23.4 Å². The molecule has 2 fully saturated rings. The Balaban J connectivity index is 1.55. The van der Waals surface area contributed by atoms with Gasteiger partial charge in [0, 0.05) is 24.2 Å². The van der Waals surface area contributed by atoms with Crippen molar-refractivity contribution in [3.05, 3.63) is 102 Å². The molecule has 2 aliphatic rings. The van der Waals surface area contributed by atoms with Gasteiger partial charge < -0.3 is 9.47 Å². The molecule has 3 aromatic carbocycles. The van der Waals surface area contributed by atoms with E-state index >= 15 is 0 Å². The van der Waals surface area contributed by atoms with Gasteiger partial charge in [0.15, 0.2) is 5.82 Å². The van der Waals surface area contributed by atoms with Crippen LogP contribution in [0.25, 0.3) is 22.4 Å². The van der Waals surface area contributed by atoms with Crippen LogP contribution < -0.4 is 0 Å². The fraction of sp³-hybridized carbons (Fsp3) is 0.314. The topological polar surface area (TPSA) is 44.3 Å². The van der Waals surface area contributed by atoms with E-state index in [0.717, 1.165) is 41.2 Å². The third kappa shape index (κ3) is 4.79. The molecule has 1 aromatic heterocycles. The summed E-state index contributed by atoms with van der Waals surface area (Å²) in [5, 5.41) is 10.6. The summed E-state index contributed by atoms with van der Waals surface area (Å²) < 4.78 is 2.25. The Morgan fingerprint density at radius 2 is 1.49 bits per heavy atom. The van der Waals surface area contributed by atoms with E-state index in [9.17, 15) is 5.26 Å². The Kier molecular flexibility index (Phi) is 6.39. The highest BCUT2D eigenvalue weighted by atomic mass is 15.3. The maximum absolute atomic E-state index is 10.6. The maximum atomic E-state index is 10.6. The lowest BCUT2D eigenvalue weighted by molar-refractivity contribution is 0.121. The minimum atomic E-state index is 0.101. The number of hydrogen-bond acceptors (Lipinski definition) is 2. The van der Waals surface area contributed by atoms with Gasteiger partial charge in [0.25, 0.3) is 0 Å². The van der Waals surface area contributed by atoms with Crippen LogP contribution in [0.3, 0.4) is 0 Å². The molecular formula is C35H36N4. The molecule has 1 aliphatic carbocycles. The highest BCUT2D eigenvalue weighted by Gasteiger charge is 2.49. The number of nitrogens with zero attached hydrogens (tertiary/aromatic N) is 4. The van der Waals surface area contributed by atoms with Gasteiger partial charge in [-0.05, 0) is 54.2 Å². The third-order valence-corrected chi connectivity index (χ3v) is 8.54. The molecule has 196 valence electrons. The predicted octanol–water partition coefficient (Wildman–Crippen LogP) is 8.30. The molecule has 4 nitrogen and oxygen atoms in total. The zero-order valence-electron chi connectivity index (χ0n) is 23.1. The lowest BCUT2D eigenvalue weighted by Gasteiger charge is -2.42. The Morgan fingerprint density at radius 1 is 0.872 bits per heavy atom. The van der Waals surface area contributed by atoms with E-state index in [1.54, 1.807) is 0 Å². The van der Waals surface area contributed by atoms with Crippen LogP contribution in [0, 0.1) is 22.7 Å². The minimum absolute atomic E-state index is 0.101. The highest BCUT2D eigenvalue weighted by molar-refractivity contribution is 5.91. The molecule has 0 spiro atoms. The van der Waals surface area contributed by atoms with Gasteiger partial charge in [-0.1, -0.05) is 105 Å². The summed E-state index contributed by atoms with van der Waals surface area (Å²) >= 11 is 0. The number of nitriles is 1. The molecule has 2 atom stereocenters. The summed E-state index contributed by atoms with van der Waals surface area (Å²) in [7, 11) is 0. The van der Waals surface area contributed by atoms with Crippen molar-refractivity contribution >= 4 is 12.2 Å².